The molecule has 0 aliphatic carbocycles. The molecular weight excluding hydrogens is 228 g/mol. The van der Waals surface area contributed by atoms with Crippen LogP contribution in [0.5, 0.6) is 0 Å². The first-order valence-electron chi connectivity index (χ1n) is 3.90. The standard InChI is InChI=1S/C10H7BrN2/c1-7-4-8-2-3-9(11)5-10(8)13(7)6-12/h2-5H,1H3. The average molecular weight is 235 g/mol. The summed E-state index contributed by atoms with van der Waals surface area (Å²) in [4.78, 5) is 0. The number of fused-ring (bicyclic) bond motifs is 1. The van der Waals surface area contributed by atoms with E-state index in [1.807, 2.05) is 31.2 Å². The van der Waals surface area contributed by atoms with Crippen LogP contribution in [0, 0.1) is 18.4 Å². The van der Waals surface area contributed by atoms with Crippen LogP contribution in [-0.2, 0) is 0 Å². The van der Waals surface area contributed by atoms with E-state index in [0.29, 0.717) is 0 Å². The predicted molar refractivity (Wildman–Crippen MR) is 55.4 cm³/mol. The third kappa shape index (κ3) is 1.24. The van der Waals surface area contributed by atoms with Gasteiger partial charge in [-0.25, -0.2) is 0 Å². The number of hydrogen-bond donors (Lipinski definition) is 0. The van der Waals surface area contributed by atoms with Gasteiger partial charge in [0.15, 0.2) is 6.19 Å². The maximum atomic E-state index is 8.89. The van der Waals surface area contributed by atoms with E-state index in [1.54, 1.807) is 4.57 Å². The number of hydrogen-bond acceptors (Lipinski definition) is 1. The quantitative estimate of drug-likeness (QED) is 0.689. The summed E-state index contributed by atoms with van der Waals surface area (Å²) >= 11 is 3.38. The molecule has 13 heavy (non-hydrogen) atoms. The Bertz CT molecular complexity index is 505. The molecule has 0 N–H and O–H groups in total. The summed E-state index contributed by atoms with van der Waals surface area (Å²) in [6.45, 7) is 1.93. The molecule has 64 valence electrons. The first-order valence-corrected chi connectivity index (χ1v) is 4.69. The largest absolute Gasteiger partial charge is 0.251 e. The maximum absolute atomic E-state index is 8.89. The fraction of sp³-hybridized carbons (Fsp3) is 0.100. The van der Waals surface area contributed by atoms with Gasteiger partial charge in [0, 0.05) is 15.6 Å². The van der Waals surface area contributed by atoms with Crippen molar-refractivity contribution in [2.24, 2.45) is 0 Å². The van der Waals surface area contributed by atoms with Gasteiger partial charge in [-0.05, 0) is 25.1 Å². The second-order valence-electron chi connectivity index (χ2n) is 2.92. The van der Waals surface area contributed by atoms with Gasteiger partial charge in [-0.1, -0.05) is 22.0 Å². The van der Waals surface area contributed by atoms with Crippen molar-refractivity contribution < 1.29 is 0 Å². The summed E-state index contributed by atoms with van der Waals surface area (Å²) < 4.78 is 2.62. The molecule has 2 nitrogen and oxygen atoms in total. The van der Waals surface area contributed by atoms with Crippen LogP contribution in [-0.4, -0.2) is 4.57 Å². The van der Waals surface area contributed by atoms with Gasteiger partial charge in [0.1, 0.15) is 0 Å². The molecule has 0 radical (unpaired) electrons. The van der Waals surface area contributed by atoms with E-state index in [4.69, 9.17) is 5.26 Å². The van der Waals surface area contributed by atoms with Crippen molar-refractivity contribution in [1.82, 2.24) is 4.57 Å². The third-order valence-corrected chi connectivity index (χ3v) is 2.54. The Morgan fingerprint density at radius 2 is 2.15 bits per heavy atom. The third-order valence-electron chi connectivity index (χ3n) is 2.05. The first kappa shape index (κ1) is 8.33. The van der Waals surface area contributed by atoms with Crippen LogP contribution in [0.4, 0.5) is 0 Å². The highest BCUT2D eigenvalue weighted by Gasteiger charge is 2.04. The Hall–Kier alpha value is -1.27. The van der Waals surface area contributed by atoms with Crippen molar-refractivity contribution in [2.75, 3.05) is 0 Å². The molecule has 2 rings (SSSR count). The van der Waals surface area contributed by atoms with Gasteiger partial charge in [0.2, 0.25) is 0 Å². The lowest BCUT2D eigenvalue weighted by Crippen LogP contribution is -1.88. The van der Waals surface area contributed by atoms with Crippen molar-refractivity contribution in [2.45, 2.75) is 6.92 Å². The number of benzene rings is 1. The monoisotopic (exact) mass is 234 g/mol. The van der Waals surface area contributed by atoms with Crippen molar-refractivity contribution in [3.63, 3.8) is 0 Å². The first-order chi connectivity index (χ1) is 6.22. The normalized spacial score (nSPS) is 10.2. The molecule has 2 aromatic rings. The lowest BCUT2D eigenvalue weighted by atomic mass is 10.2. The zero-order chi connectivity index (χ0) is 9.42. The molecule has 1 aromatic heterocycles. The van der Waals surface area contributed by atoms with Crippen molar-refractivity contribution in [3.8, 4) is 6.19 Å². The molecule has 0 aliphatic rings. The Kier molecular flexibility index (Phi) is 1.86. The van der Waals surface area contributed by atoms with Crippen LogP contribution >= 0.6 is 15.9 Å². The van der Waals surface area contributed by atoms with Crippen LogP contribution in [0.2, 0.25) is 0 Å². The summed E-state index contributed by atoms with van der Waals surface area (Å²) in [5, 5.41) is 9.99. The molecular formula is C10H7BrN2. The molecule has 0 bridgehead atoms. The highest BCUT2D eigenvalue weighted by Crippen LogP contribution is 2.22. The second-order valence-corrected chi connectivity index (χ2v) is 3.84. The fourth-order valence-electron chi connectivity index (χ4n) is 1.44. The topological polar surface area (TPSA) is 28.7 Å². The maximum Gasteiger partial charge on any atom is 0.189 e. The minimum absolute atomic E-state index is 0.953. The molecule has 0 unspecified atom stereocenters. The van der Waals surface area contributed by atoms with Crippen LogP contribution < -0.4 is 0 Å². The van der Waals surface area contributed by atoms with Gasteiger partial charge < -0.3 is 0 Å². The molecule has 0 atom stereocenters. The van der Waals surface area contributed by atoms with Crippen molar-refractivity contribution >= 4 is 26.8 Å². The highest BCUT2D eigenvalue weighted by molar-refractivity contribution is 9.10. The van der Waals surface area contributed by atoms with E-state index in [0.717, 1.165) is 21.1 Å². The molecule has 0 amide bonds. The van der Waals surface area contributed by atoms with Crippen LogP contribution in [0.25, 0.3) is 10.9 Å². The molecule has 0 fully saturated rings. The Balaban J connectivity index is 2.91. The van der Waals surface area contributed by atoms with E-state index < -0.39 is 0 Å². The minimum Gasteiger partial charge on any atom is -0.251 e. The van der Waals surface area contributed by atoms with Gasteiger partial charge in [0.25, 0.3) is 0 Å². The average Bonchev–Trinajstić information content (AvgIpc) is 2.40. The molecule has 0 saturated carbocycles. The molecule has 0 aliphatic heterocycles. The number of aromatic nitrogens is 1. The smallest absolute Gasteiger partial charge is 0.189 e. The molecule has 1 aromatic carbocycles. The summed E-state index contributed by atoms with van der Waals surface area (Å²) in [5.41, 5.74) is 1.92. The van der Waals surface area contributed by atoms with Gasteiger partial charge >= 0.3 is 0 Å². The fourth-order valence-corrected chi connectivity index (χ4v) is 1.79. The second kappa shape index (κ2) is 2.90. The van der Waals surface area contributed by atoms with Crippen molar-refractivity contribution in [3.05, 3.63) is 34.4 Å². The lowest BCUT2D eigenvalue weighted by molar-refractivity contribution is 1.07. The van der Waals surface area contributed by atoms with E-state index in [-0.39, 0.29) is 0 Å². The van der Waals surface area contributed by atoms with E-state index in [9.17, 15) is 0 Å². The summed E-state index contributed by atoms with van der Waals surface area (Å²) in [6.07, 6.45) is 2.14. The van der Waals surface area contributed by atoms with Gasteiger partial charge in [-0.2, -0.15) is 5.26 Å². The Labute approximate surface area is 84.5 Å². The van der Waals surface area contributed by atoms with Gasteiger partial charge in [-0.3, -0.25) is 4.57 Å². The van der Waals surface area contributed by atoms with Crippen LogP contribution in [0.3, 0.4) is 0 Å². The number of nitriles is 1. The summed E-state index contributed by atoms with van der Waals surface area (Å²) in [6, 6.07) is 7.93. The molecule has 1 heterocycles. The van der Waals surface area contributed by atoms with Crippen LogP contribution in [0.15, 0.2) is 28.7 Å². The number of rotatable bonds is 0. The number of nitrogens with zero attached hydrogens (tertiary/aromatic N) is 2. The van der Waals surface area contributed by atoms with E-state index in [2.05, 4.69) is 22.1 Å². The van der Waals surface area contributed by atoms with Gasteiger partial charge in [-0.15, -0.1) is 0 Å². The van der Waals surface area contributed by atoms with Gasteiger partial charge in [0.05, 0.1) is 5.52 Å². The van der Waals surface area contributed by atoms with E-state index in [1.165, 1.54) is 0 Å². The van der Waals surface area contributed by atoms with Crippen molar-refractivity contribution in [1.29, 1.82) is 5.26 Å². The zero-order valence-corrected chi connectivity index (χ0v) is 8.67. The van der Waals surface area contributed by atoms with Crippen LogP contribution in [0.1, 0.15) is 5.69 Å². The zero-order valence-electron chi connectivity index (χ0n) is 7.08. The number of aryl methyl sites for hydroxylation is 1. The SMILES string of the molecule is Cc1cc2ccc(Br)cc2n1C#N. The predicted octanol–water partition coefficient (Wildman–Crippen LogP) is 3.04. The Morgan fingerprint density at radius 1 is 1.38 bits per heavy atom. The summed E-state index contributed by atoms with van der Waals surface area (Å²) in [7, 11) is 0. The minimum atomic E-state index is 0.953. The molecule has 0 saturated heterocycles. The Morgan fingerprint density at radius 3 is 2.85 bits per heavy atom. The molecule has 3 heteroatoms. The lowest BCUT2D eigenvalue weighted by Gasteiger charge is -1.95. The number of halogens is 1. The molecule has 0 spiro atoms. The highest BCUT2D eigenvalue weighted by atomic mass is 79.9. The van der Waals surface area contributed by atoms with E-state index >= 15 is 0 Å². The summed E-state index contributed by atoms with van der Waals surface area (Å²) in [5.74, 6) is 0.